The maximum atomic E-state index is 13.1. The minimum atomic E-state index is -1.58. The van der Waals surface area contributed by atoms with Crippen LogP contribution in [-0.2, 0) is 25.5 Å². The average Bonchev–Trinajstić information content (AvgIpc) is 3.34. The van der Waals surface area contributed by atoms with E-state index in [2.05, 4.69) is 5.32 Å². The Morgan fingerprint density at radius 3 is 2.60 bits per heavy atom. The second-order valence-corrected chi connectivity index (χ2v) is 9.78. The van der Waals surface area contributed by atoms with Crippen LogP contribution in [0.4, 0.5) is 0 Å². The van der Waals surface area contributed by atoms with Gasteiger partial charge in [0.05, 0.1) is 11.9 Å². The number of aliphatic hydroxyl groups is 1. The number of amides is 2. The number of carbonyl (C=O) groups excluding carboxylic acids is 2. The molecule has 0 saturated carbocycles. The van der Waals surface area contributed by atoms with E-state index >= 15 is 0 Å². The fourth-order valence-corrected chi connectivity index (χ4v) is 5.03. The molecule has 9 heteroatoms. The Hall–Kier alpha value is -2.10. The second-order valence-electron chi connectivity index (χ2n) is 8.18. The summed E-state index contributed by atoms with van der Waals surface area (Å²) in [5, 5.41) is 23.3. The van der Waals surface area contributed by atoms with Gasteiger partial charge in [0.15, 0.2) is 6.10 Å². The summed E-state index contributed by atoms with van der Waals surface area (Å²) in [6.45, 7) is 4.02. The maximum absolute atomic E-state index is 13.1. The summed E-state index contributed by atoms with van der Waals surface area (Å²) in [5.74, 6) is -2.02. The van der Waals surface area contributed by atoms with Gasteiger partial charge in [-0.15, -0.1) is 11.8 Å². The van der Waals surface area contributed by atoms with Crippen molar-refractivity contribution in [2.45, 2.75) is 62.1 Å². The van der Waals surface area contributed by atoms with Crippen molar-refractivity contribution >= 4 is 29.5 Å². The Balaban J connectivity index is 1.79. The lowest BCUT2D eigenvalue weighted by Crippen LogP contribution is -2.57. The number of nitrogens with zero attached hydrogens (tertiary/aromatic N) is 1. The second kappa shape index (κ2) is 9.36. The molecule has 2 fully saturated rings. The first kappa shape index (κ1) is 22.6. The quantitative estimate of drug-likeness (QED) is 0.584. The highest BCUT2D eigenvalue weighted by atomic mass is 32.2. The molecule has 0 radical (unpaired) electrons. The van der Waals surface area contributed by atoms with Gasteiger partial charge in [0, 0.05) is 11.4 Å². The predicted octanol–water partition coefficient (Wildman–Crippen LogP) is 1.02. The summed E-state index contributed by atoms with van der Waals surface area (Å²) in [6, 6.07) is 7.25. The number of carboxylic acids is 1. The molecule has 2 aliphatic rings. The van der Waals surface area contributed by atoms with E-state index < -0.39 is 40.9 Å². The number of aliphatic carboxylic acids is 1. The molecule has 8 nitrogen and oxygen atoms in total. The number of hydrogen-bond acceptors (Lipinski definition) is 6. The van der Waals surface area contributed by atoms with E-state index in [1.54, 1.807) is 13.8 Å². The van der Waals surface area contributed by atoms with E-state index in [4.69, 9.17) is 4.74 Å². The number of hydrogen-bond donors (Lipinski definition) is 3. The zero-order valence-corrected chi connectivity index (χ0v) is 17.9. The van der Waals surface area contributed by atoms with Crippen LogP contribution < -0.4 is 5.32 Å². The molecular weight excluding hydrogens is 408 g/mol. The van der Waals surface area contributed by atoms with Gasteiger partial charge in [-0.25, -0.2) is 4.79 Å². The van der Waals surface area contributed by atoms with Gasteiger partial charge < -0.3 is 25.2 Å². The standard InChI is InChI=1S/C21H28N2O6S/c1-21(2)17(20(27)28)23(12-30-21)19(26)16(24)14(11-13-7-4-3-5-8-13)22-18(25)15-9-6-10-29-15/h3-5,7-8,14-17,24H,6,9-12H2,1-2H3,(H,22,25)(H,27,28)/t14-,15+,16-,17+/m0/s1. The van der Waals surface area contributed by atoms with Crippen LogP contribution in [0, 0.1) is 0 Å². The van der Waals surface area contributed by atoms with Crippen molar-refractivity contribution in [1.82, 2.24) is 10.2 Å². The van der Waals surface area contributed by atoms with Gasteiger partial charge in [-0.05, 0) is 38.7 Å². The predicted molar refractivity (Wildman–Crippen MR) is 112 cm³/mol. The molecule has 164 valence electrons. The average molecular weight is 437 g/mol. The molecule has 4 atom stereocenters. The van der Waals surface area contributed by atoms with E-state index in [0.29, 0.717) is 13.0 Å². The smallest absolute Gasteiger partial charge is 0.327 e. The molecule has 0 spiro atoms. The molecule has 0 aliphatic carbocycles. The van der Waals surface area contributed by atoms with E-state index in [1.807, 2.05) is 30.3 Å². The molecular formula is C21H28N2O6S. The highest BCUT2D eigenvalue weighted by Gasteiger charge is 2.50. The summed E-state index contributed by atoms with van der Waals surface area (Å²) >= 11 is 1.35. The molecule has 2 saturated heterocycles. The number of carbonyl (C=O) groups is 3. The van der Waals surface area contributed by atoms with Crippen LogP contribution in [0.2, 0.25) is 0 Å². The number of benzene rings is 1. The van der Waals surface area contributed by atoms with Crippen LogP contribution in [0.15, 0.2) is 30.3 Å². The highest BCUT2D eigenvalue weighted by molar-refractivity contribution is 8.00. The third-order valence-electron chi connectivity index (χ3n) is 5.55. The van der Waals surface area contributed by atoms with Gasteiger partial charge in [-0.1, -0.05) is 30.3 Å². The van der Waals surface area contributed by atoms with Crippen LogP contribution in [0.5, 0.6) is 0 Å². The van der Waals surface area contributed by atoms with Crippen molar-refractivity contribution in [3.63, 3.8) is 0 Å². The lowest BCUT2D eigenvalue weighted by atomic mass is 9.97. The van der Waals surface area contributed by atoms with Crippen molar-refractivity contribution in [2.75, 3.05) is 12.5 Å². The van der Waals surface area contributed by atoms with Crippen molar-refractivity contribution in [3.05, 3.63) is 35.9 Å². The van der Waals surface area contributed by atoms with Crippen LogP contribution in [-0.4, -0.2) is 74.4 Å². The Labute approximate surface area is 180 Å². The summed E-state index contributed by atoms with van der Waals surface area (Å²) in [7, 11) is 0. The normalized spacial score (nSPS) is 25.0. The van der Waals surface area contributed by atoms with Gasteiger partial charge in [0.25, 0.3) is 5.91 Å². The molecule has 0 bridgehead atoms. The fraction of sp³-hybridized carbons (Fsp3) is 0.571. The van der Waals surface area contributed by atoms with Crippen molar-refractivity contribution in [3.8, 4) is 0 Å². The first-order valence-electron chi connectivity index (χ1n) is 10.0. The summed E-state index contributed by atoms with van der Waals surface area (Å²) in [4.78, 5) is 38.7. The highest BCUT2D eigenvalue weighted by Crippen LogP contribution is 2.39. The van der Waals surface area contributed by atoms with E-state index in [-0.39, 0.29) is 18.2 Å². The number of rotatable bonds is 7. The Bertz CT molecular complexity index is 781. The van der Waals surface area contributed by atoms with Gasteiger partial charge >= 0.3 is 5.97 Å². The van der Waals surface area contributed by atoms with E-state index in [1.165, 1.54) is 16.7 Å². The molecule has 2 amide bonds. The van der Waals surface area contributed by atoms with Gasteiger partial charge in [-0.2, -0.15) is 0 Å². The first-order valence-corrected chi connectivity index (χ1v) is 11.0. The van der Waals surface area contributed by atoms with Gasteiger partial charge in [0.2, 0.25) is 5.91 Å². The zero-order chi connectivity index (χ0) is 21.9. The van der Waals surface area contributed by atoms with E-state index in [9.17, 15) is 24.6 Å². The summed E-state index contributed by atoms with van der Waals surface area (Å²) < 4.78 is 4.73. The largest absolute Gasteiger partial charge is 0.480 e. The molecule has 2 aliphatic heterocycles. The molecule has 1 aromatic rings. The van der Waals surface area contributed by atoms with Crippen LogP contribution in [0.3, 0.4) is 0 Å². The van der Waals surface area contributed by atoms with Crippen molar-refractivity contribution in [1.29, 1.82) is 0 Å². The van der Waals surface area contributed by atoms with Gasteiger partial charge in [-0.3, -0.25) is 9.59 Å². The van der Waals surface area contributed by atoms with Crippen LogP contribution in [0.1, 0.15) is 32.3 Å². The fourth-order valence-electron chi connectivity index (χ4n) is 3.90. The third-order valence-corrected chi connectivity index (χ3v) is 6.92. The molecule has 0 aromatic heterocycles. The zero-order valence-electron chi connectivity index (χ0n) is 17.1. The maximum Gasteiger partial charge on any atom is 0.327 e. The van der Waals surface area contributed by atoms with Crippen LogP contribution >= 0.6 is 11.8 Å². The molecule has 0 unspecified atom stereocenters. The minimum absolute atomic E-state index is 0.164. The Morgan fingerprint density at radius 2 is 2.00 bits per heavy atom. The lowest BCUT2D eigenvalue weighted by molar-refractivity contribution is -0.154. The minimum Gasteiger partial charge on any atom is -0.480 e. The molecule has 30 heavy (non-hydrogen) atoms. The topological polar surface area (TPSA) is 116 Å². The van der Waals surface area contributed by atoms with Gasteiger partial charge in [0.1, 0.15) is 12.1 Å². The molecule has 1 aromatic carbocycles. The molecule has 3 N–H and O–H groups in total. The number of ether oxygens (including phenoxy) is 1. The number of aliphatic hydroxyl groups excluding tert-OH is 1. The SMILES string of the molecule is CC1(C)SCN(C(=O)[C@@H](O)[C@H](Cc2ccccc2)NC(=O)[C@H]2CCCO2)[C@@H]1C(=O)O. The lowest BCUT2D eigenvalue weighted by Gasteiger charge is -2.32. The molecule has 3 rings (SSSR count). The first-order chi connectivity index (χ1) is 14.2. The number of carboxylic acid groups (broad SMARTS) is 1. The van der Waals surface area contributed by atoms with Crippen molar-refractivity contribution < 1.29 is 29.3 Å². The number of nitrogens with one attached hydrogen (secondary N) is 1. The van der Waals surface area contributed by atoms with Crippen molar-refractivity contribution in [2.24, 2.45) is 0 Å². The van der Waals surface area contributed by atoms with E-state index in [0.717, 1.165) is 12.0 Å². The van der Waals surface area contributed by atoms with Crippen LogP contribution in [0.25, 0.3) is 0 Å². The molecule has 2 heterocycles. The number of thioether (sulfide) groups is 1. The Morgan fingerprint density at radius 1 is 1.30 bits per heavy atom. The Kier molecular flexibility index (Phi) is 7.05. The summed E-state index contributed by atoms with van der Waals surface area (Å²) in [6.07, 6.45) is -0.575. The monoisotopic (exact) mass is 436 g/mol. The third kappa shape index (κ3) is 4.96. The summed E-state index contributed by atoms with van der Waals surface area (Å²) in [5.41, 5.74) is 0.841.